The largest absolute Gasteiger partial charge is 0.481 e. The third kappa shape index (κ3) is 4.66. The van der Waals surface area contributed by atoms with Crippen LogP contribution >= 0.6 is 0 Å². The minimum Gasteiger partial charge on any atom is -0.481 e. The Labute approximate surface area is 105 Å². The van der Waals surface area contributed by atoms with Crippen molar-refractivity contribution in [3.05, 3.63) is 0 Å². The highest BCUT2D eigenvalue weighted by Gasteiger charge is 2.27. The Morgan fingerprint density at radius 1 is 1.41 bits per heavy atom. The molecule has 0 spiro atoms. The van der Waals surface area contributed by atoms with Gasteiger partial charge in [0.2, 0.25) is 0 Å². The lowest BCUT2D eigenvalue weighted by atomic mass is 9.94. The lowest BCUT2D eigenvalue weighted by molar-refractivity contribution is -0.137. The molecule has 2 atom stereocenters. The molecule has 0 aliphatic carbocycles. The van der Waals surface area contributed by atoms with Crippen molar-refractivity contribution in [3.8, 4) is 0 Å². The molecule has 0 bridgehead atoms. The second kappa shape index (κ2) is 7.70. The predicted molar refractivity (Wildman–Crippen MR) is 70.2 cm³/mol. The molecular formula is C14H27NO2. The highest BCUT2D eigenvalue weighted by molar-refractivity contribution is 5.66. The molecule has 0 radical (unpaired) electrons. The van der Waals surface area contributed by atoms with E-state index < -0.39 is 5.97 Å². The molecule has 1 fully saturated rings. The predicted octanol–water partition coefficient (Wildman–Crippen LogP) is 3.28. The molecule has 1 rings (SSSR count). The zero-order valence-electron chi connectivity index (χ0n) is 11.3. The number of likely N-dealkylation sites (tertiary alicyclic amines) is 1. The Hall–Kier alpha value is -0.570. The van der Waals surface area contributed by atoms with Crippen molar-refractivity contribution in [1.82, 2.24) is 4.90 Å². The van der Waals surface area contributed by atoms with E-state index in [0.717, 1.165) is 6.42 Å². The average molecular weight is 241 g/mol. The molecule has 100 valence electrons. The monoisotopic (exact) mass is 241 g/mol. The summed E-state index contributed by atoms with van der Waals surface area (Å²) in [7, 11) is 0. The SMILES string of the molecule is CCCC(CC)N1CCCCC1CCC(=O)O. The molecule has 1 saturated heterocycles. The number of rotatable bonds is 7. The summed E-state index contributed by atoms with van der Waals surface area (Å²) >= 11 is 0. The molecule has 1 heterocycles. The van der Waals surface area contributed by atoms with Gasteiger partial charge in [0.15, 0.2) is 0 Å². The van der Waals surface area contributed by atoms with Crippen LogP contribution in [-0.2, 0) is 4.79 Å². The molecule has 1 aliphatic rings. The molecule has 0 aromatic heterocycles. The summed E-state index contributed by atoms with van der Waals surface area (Å²) in [6.07, 6.45) is 8.55. The maximum absolute atomic E-state index is 10.7. The summed E-state index contributed by atoms with van der Waals surface area (Å²) in [5, 5.41) is 8.81. The summed E-state index contributed by atoms with van der Waals surface area (Å²) in [4.78, 5) is 13.3. The van der Waals surface area contributed by atoms with Crippen molar-refractivity contribution in [1.29, 1.82) is 0 Å². The van der Waals surface area contributed by atoms with Crippen molar-refractivity contribution < 1.29 is 9.90 Å². The van der Waals surface area contributed by atoms with Gasteiger partial charge in [-0.3, -0.25) is 9.69 Å². The van der Waals surface area contributed by atoms with E-state index >= 15 is 0 Å². The van der Waals surface area contributed by atoms with Gasteiger partial charge in [-0.1, -0.05) is 26.7 Å². The van der Waals surface area contributed by atoms with E-state index in [1.807, 2.05) is 0 Å². The van der Waals surface area contributed by atoms with E-state index in [1.54, 1.807) is 0 Å². The zero-order valence-corrected chi connectivity index (χ0v) is 11.3. The third-order valence-electron chi connectivity index (χ3n) is 3.93. The van der Waals surface area contributed by atoms with Gasteiger partial charge in [-0.25, -0.2) is 0 Å². The van der Waals surface area contributed by atoms with Crippen LogP contribution in [0.4, 0.5) is 0 Å². The van der Waals surface area contributed by atoms with Crippen molar-refractivity contribution in [3.63, 3.8) is 0 Å². The van der Waals surface area contributed by atoms with Crippen LogP contribution in [0.5, 0.6) is 0 Å². The number of carbonyl (C=O) groups is 1. The first kappa shape index (κ1) is 14.5. The van der Waals surface area contributed by atoms with Gasteiger partial charge < -0.3 is 5.11 Å². The molecular weight excluding hydrogens is 214 g/mol. The van der Waals surface area contributed by atoms with E-state index in [4.69, 9.17) is 5.11 Å². The Morgan fingerprint density at radius 3 is 2.76 bits per heavy atom. The smallest absolute Gasteiger partial charge is 0.303 e. The van der Waals surface area contributed by atoms with Gasteiger partial charge in [-0.15, -0.1) is 0 Å². The molecule has 0 amide bonds. The summed E-state index contributed by atoms with van der Waals surface area (Å²) in [5.74, 6) is -0.654. The fourth-order valence-electron chi connectivity index (χ4n) is 3.04. The van der Waals surface area contributed by atoms with E-state index in [1.165, 1.54) is 45.1 Å². The normalized spacial score (nSPS) is 23.5. The van der Waals surface area contributed by atoms with Crippen LogP contribution in [0.2, 0.25) is 0 Å². The molecule has 0 saturated carbocycles. The number of aliphatic carboxylic acids is 1. The summed E-state index contributed by atoms with van der Waals surface area (Å²) < 4.78 is 0. The first-order valence-corrected chi connectivity index (χ1v) is 7.16. The second-order valence-electron chi connectivity index (χ2n) is 5.17. The molecule has 3 heteroatoms. The van der Waals surface area contributed by atoms with Crippen LogP contribution in [0.3, 0.4) is 0 Å². The van der Waals surface area contributed by atoms with Crippen molar-refractivity contribution in [2.45, 2.75) is 77.3 Å². The van der Waals surface area contributed by atoms with Gasteiger partial charge in [0.1, 0.15) is 0 Å². The molecule has 3 nitrogen and oxygen atoms in total. The Morgan fingerprint density at radius 2 is 2.18 bits per heavy atom. The van der Waals surface area contributed by atoms with Gasteiger partial charge in [-0.05, 0) is 38.6 Å². The first-order valence-electron chi connectivity index (χ1n) is 7.16. The van der Waals surface area contributed by atoms with Gasteiger partial charge in [0, 0.05) is 18.5 Å². The van der Waals surface area contributed by atoms with E-state index in [0.29, 0.717) is 18.5 Å². The molecule has 1 N–H and O–H groups in total. The number of hydrogen-bond donors (Lipinski definition) is 1. The summed E-state index contributed by atoms with van der Waals surface area (Å²) in [5.41, 5.74) is 0. The van der Waals surface area contributed by atoms with Crippen LogP contribution in [0, 0.1) is 0 Å². The fraction of sp³-hybridized carbons (Fsp3) is 0.929. The number of carboxylic acid groups (broad SMARTS) is 1. The van der Waals surface area contributed by atoms with Crippen LogP contribution in [0.1, 0.15) is 65.2 Å². The topological polar surface area (TPSA) is 40.5 Å². The van der Waals surface area contributed by atoms with E-state index in [2.05, 4.69) is 18.7 Å². The molecule has 1 aliphatic heterocycles. The lowest BCUT2D eigenvalue weighted by Gasteiger charge is -2.41. The highest BCUT2D eigenvalue weighted by Crippen LogP contribution is 2.26. The van der Waals surface area contributed by atoms with Crippen LogP contribution < -0.4 is 0 Å². The third-order valence-corrected chi connectivity index (χ3v) is 3.93. The van der Waals surface area contributed by atoms with Gasteiger partial charge >= 0.3 is 5.97 Å². The molecule has 2 unspecified atom stereocenters. The fourth-order valence-corrected chi connectivity index (χ4v) is 3.04. The zero-order chi connectivity index (χ0) is 12.7. The summed E-state index contributed by atoms with van der Waals surface area (Å²) in [6, 6.07) is 1.18. The summed E-state index contributed by atoms with van der Waals surface area (Å²) in [6.45, 7) is 5.66. The average Bonchev–Trinajstić information content (AvgIpc) is 2.34. The number of nitrogens with zero attached hydrogens (tertiary/aromatic N) is 1. The maximum atomic E-state index is 10.7. The standard InChI is InChI=1S/C14H27NO2/c1-3-7-12(4-2)15-11-6-5-8-13(15)9-10-14(16)17/h12-13H,3-11H2,1-2H3,(H,16,17). The van der Waals surface area contributed by atoms with Crippen LogP contribution in [0.15, 0.2) is 0 Å². The minimum absolute atomic E-state index is 0.323. The highest BCUT2D eigenvalue weighted by atomic mass is 16.4. The molecule has 0 aromatic rings. The first-order chi connectivity index (χ1) is 8.19. The van der Waals surface area contributed by atoms with Crippen molar-refractivity contribution >= 4 is 5.97 Å². The van der Waals surface area contributed by atoms with Crippen molar-refractivity contribution in [2.24, 2.45) is 0 Å². The number of hydrogen-bond acceptors (Lipinski definition) is 2. The van der Waals surface area contributed by atoms with Crippen LogP contribution in [0.25, 0.3) is 0 Å². The van der Waals surface area contributed by atoms with Crippen LogP contribution in [-0.4, -0.2) is 34.6 Å². The van der Waals surface area contributed by atoms with E-state index in [-0.39, 0.29) is 0 Å². The quantitative estimate of drug-likeness (QED) is 0.743. The second-order valence-corrected chi connectivity index (χ2v) is 5.17. The van der Waals surface area contributed by atoms with Gasteiger partial charge in [-0.2, -0.15) is 0 Å². The molecule has 17 heavy (non-hydrogen) atoms. The Kier molecular flexibility index (Phi) is 6.56. The maximum Gasteiger partial charge on any atom is 0.303 e. The Bertz CT molecular complexity index is 230. The molecule has 0 aromatic carbocycles. The van der Waals surface area contributed by atoms with Crippen molar-refractivity contribution in [2.75, 3.05) is 6.54 Å². The van der Waals surface area contributed by atoms with Gasteiger partial charge in [0.25, 0.3) is 0 Å². The Balaban J connectivity index is 2.53. The van der Waals surface area contributed by atoms with E-state index in [9.17, 15) is 4.79 Å². The minimum atomic E-state index is -0.654. The lowest BCUT2D eigenvalue weighted by Crippen LogP contribution is -2.46. The van der Waals surface area contributed by atoms with Gasteiger partial charge in [0.05, 0.1) is 0 Å². The number of piperidine rings is 1. The number of carboxylic acids is 1.